The molecular formula is C24H24N2O5S. The fraction of sp³-hybridized carbons (Fsp3) is 0.375. The van der Waals surface area contributed by atoms with Crippen LogP contribution in [0.1, 0.15) is 55.0 Å². The number of carbonyl (C=O) groups excluding carboxylic acids is 3. The Hall–Kier alpha value is -2.84. The molecule has 0 bridgehead atoms. The molecule has 32 heavy (non-hydrogen) atoms. The van der Waals surface area contributed by atoms with Gasteiger partial charge in [0.05, 0.1) is 6.26 Å². The molecule has 1 aliphatic carbocycles. The van der Waals surface area contributed by atoms with E-state index < -0.39 is 10.0 Å². The Bertz CT molecular complexity index is 1240. The highest BCUT2D eigenvalue weighted by atomic mass is 32.2. The van der Waals surface area contributed by atoms with Crippen molar-refractivity contribution >= 4 is 27.5 Å². The Morgan fingerprint density at radius 3 is 2.00 bits per heavy atom. The predicted molar refractivity (Wildman–Crippen MR) is 118 cm³/mol. The van der Waals surface area contributed by atoms with Gasteiger partial charge in [-0.05, 0) is 42.9 Å². The summed E-state index contributed by atoms with van der Waals surface area (Å²) in [6, 6.07) is 11.5. The van der Waals surface area contributed by atoms with E-state index in [1.807, 2.05) is 0 Å². The standard InChI is InChI=1S/C24H24N2O5S/c1-32(30,31)26-13-17(14-26)15-8-10-25(11-9-15)24(29)16-6-7-20-21(12-16)23(28)19-5-3-2-4-18(19)22(20)27/h2-7,12,15,17H,8-11,13-14H2,1H3. The Morgan fingerprint density at radius 2 is 1.41 bits per heavy atom. The Kier molecular flexibility index (Phi) is 5.02. The molecule has 2 aliphatic heterocycles. The molecule has 3 aliphatic rings. The second-order valence-corrected chi connectivity index (χ2v) is 10.9. The molecule has 5 rings (SSSR count). The maximum Gasteiger partial charge on any atom is 0.253 e. The minimum Gasteiger partial charge on any atom is -0.339 e. The third-order valence-electron chi connectivity index (χ3n) is 7.01. The van der Waals surface area contributed by atoms with Crippen LogP contribution in [0.5, 0.6) is 0 Å². The summed E-state index contributed by atoms with van der Waals surface area (Å²) >= 11 is 0. The Balaban J connectivity index is 1.27. The van der Waals surface area contributed by atoms with Gasteiger partial charge in [0.2, 0.25) is 10.0 Å². The number of likely N-dealkylation sites (tertiary alicyclic amines) is 1. The van der Waals surface area contributed by atoms with Gasteiger partial charge < -0.3 is 4.90 Å². The van der Waals surface area contributed by atoms with Crippen LogP contribution in [0.4, 0.5) is 0 Å². The lowest BCUT2D eigenvalue weighted by Gasteiger charge is -2.44. The third-order valence-corrected chi connectivity index (χ3v) is 8.25. The molecule has 0 saturated carbocycles. The molecule has 0 atom stereocenters. The number of ketones is 2. The number of sulfonamides is 1. The molecule has 2 aromatic carbocycles. The van der Waals surface area contributed by atoms with E-state index in [0.717, 1.165) is 12.8 Å². The molecule has 166 valence electrons. The normalized spacial score (nSPS) is 20.0. The van der Waals surface area contributed by atoms with Crippen LogP contribution in [0.15, 0.2) is 42.5 Å². The van der Waals surface area contributed by atoms with E-state index in [1.54, 1.807) is 47.4 Å². The molecule has 0 radical (unpaired) electrons. The summed E-state index contributed by atoms with van der Waals surface area (Å²) in [5.74, 6) is 0.199. The quantitative estimate of drug-likeness (QED) is 0.608. The number of hydrogen-bond acceptors (Lipinski definition) is 5. The first-order valence-corrected chi connectivity index (χ1v) is 12.7. The molecule has 7 nitrogen and oxygen atoms in total. The summed E-state index contributed by atoms with van der Waals surface area (Å²) in [5.41, 5.74) is 1.81. The first-order valence-electron chi connectivity index (χ1n) is 10.8. The van der Waals surface area contributed by atoms with E-state index in [4.69, 9.17) is 0 Å². The van der Waals surface area contributed by atoms with Gasteiger partial charge in [-0.15, -0.1) is 0 Å². The van der Waals surface area contributed by atoms with Crippen molar-refractivity contribution in [2.45, 2.75) is 12.8 Å². The van der Waals surface area contributed by atoms with Gasteiger partial charge in [-0.2, -0.15) is 0 Å². The monoisotopic (exact) mass is 452 g/mol. The molecule has 8 heteroatoms. The van der Waals surface area contributed by atoms with Crippen molar-refractivity contribution in [1.82, 2.24) is 9.21 Å². The van der Waals surface area contributed by atoms with Crippen molar-refractivity contribution in [1.29, 1.82) is 0 Å². The smallest absolute Gasteiger partial charge is 0.253 e. The number of piperidine rings is 1. The average Bonchev–Trinajstić information content (AvgIpc) is 2.75. The van der Waals surface area contributed by atoms with Crippen LogP contribution >= 0.6 is 0 Å². The van der Waals surface area contributed by atoms with Gasteiger partial charge in [0, 0.05) is 54.0 Å². The van der Waals surface area contributed by atoms with Crippen LogP contribution in [-0.2, 0) is 10.0 Å². The van der Waals surface area contributed by atoms with Crippen molar-refractivity contribution in [3.63, 3.8) is 0 Å². The first kappa shape index (κ1) is 21.0. The average molecular weight is 453 g/mol. The van der Waals surface area contributed by atoms with E-state index in [0.29, 0.717) is 60.3 Å². The van der Waals surface area contributed by atoms with E-state index in [-0.39, 0.29) is 23.0 Å². The number of amides is 1. The highest BCUT2D eigenvalue weighted by Gasteiger charge is 2.39. The van der Waals surface area contributed by atoms with Gasteiger partial charge in [-0.1, -0.05) is 24.3 Å². The third kappa shape index (κ3) is 3.47. The summed E-state index contributed by atoms with van der Waals surface area (Å²) in [4.78, 5) is 40.6. The second-order valence-electron chi connectivity index (χ2n) is 8.93. The largest absolute Gasteiger partial charge is 0.339 e. The van der Waals surface area contributed by atoms with E-state index in [2.05, 4.69) is 0 Å². The van der Waals surface area contributed by atoms with Crippen molar-refractivity contribution in [2.75, 3.05) is 32.4 Å². The predicted octanol–water partition coefficient (Wildman–Crippen LogP) is 2.21. The second kappa shape index (κ2) is 7.64. The Morgan fingerprint density at radius 1 is 0.844 bits per heavy atom. The van der Waals surface area contributed by atoms with Crippen LogP contribution in [0.3, 0.4) is 0 Å². The molecule has 2 fully saturated rings. The number of nitrogens with zero attached hydrogens (tertiary/aromatic N) is 2. The fourth-order valence-corrected chi connectivity index (χ4v) is 5.95. The summed E-state index contributed by atoms with van der Waals surface area (Å²) < 4.78 is 24.7. The summed E-state index contributed by atoms with van der Waals surface area (Å²) in [5, 5.41) is 0. The molecular weight excluding hydrogens is 428 g/mol. The molecule has 0 spiro atoms. The zero-order valence-corrected chi connectivity index (χ0v) is 18.6. The maximum atomic E-state index is 13.1. The van der Waals surface area contributed by atoms with Gasteiger partial charge in [0.1, 0.15) is 0 Å². The van der Waals surface area contributed by atoms with Crippen LogP contribution < -0.4 is 0 Å². The van der Waals surface area contributed by atoms with Crippen LogP contribution in [-0.4, -0.2) is 67.5 Å². The molecule has 0 unspecified atom stereocenters. The van der Waals surface area contributed by atoms with E-state index in [1.165, 1.54) is 10.6 Å². The van der Waals surface area contributed by atoms with Crippen LogP contribution in [0, 0.1) is 11.8 Å². The number of carbonyl (C=O) groups is 3. The minimum atomic E-state index is -3.12. The van der Waals surface area contributed by atoms with Crippen molar-refractivity contribution in [3.05, 3.63) is 70.3 Å². The summed E-state index contributed by atoms with van der Waals surface area (Å²) in [6.45, 7) is 2.34. The van der Waals surface area contributed by atoms with Crippen molar-refractivity contribution in [3.8, 4) is 0 Å². The lowest BCUT2D eigenvalue weighted by atomic mass is 9.80. The lowest BCUT2D eigenvalue weighted by molar-refractivity contribution is 0.0547. The summed E-state index contributed by atoms with van der Waals surface area (Å²) in [7, 11) is -3.12. The van der Waals surface area contributed by atoms with Gasteiger partial charge in [0.15, 0.2) is 11.6 Å². The topological polar surface area (TPSA) is 91.8 Å². The van der Waals surface area contributed by atoms with E-state index in [9.17, 15) is 22.8 Å². The molecule has 0 aromatic heterocycles. The van der Waals surface area contributed by atoms with Gasteiger partial charge in [0.25, 0.3) is 5.91 Å². The molecule has 2 aromatic rings. The molecule has 1 amide bonds. The maximum absolute atomic E-state index is 13.1. The fourth-order valence-electron chi connectivity index (χ4n) is 5.03. The van der Waals surface area contributed by atoms with Crippen molar-refractivity contribution < 1.29 is 22.8 Å². The SMILES string of the molecule is CS(=O)(=O)N1CC(C2CCN(C(=O)c3ccc4c(c3)C(=O)c3ccccc3C4=O)CC2)C1. The Labute approximate surface area is 187 Å². The molecule has 2 heterocycles. The van der Waals surface area contributed by atoms with Gasteiger partial charge in [-0.3, -0.25) is 14.4 Å². The minimum absolute atomic E-state index is 0.142. The zero-order chi connectivity index (χ0) is 22.6. The number of fused-ring (bicyclic) bond motifs is 2. The highest BCUT2D eigenvalue weighted by molar-refractivity contribution is 7.88. The van der Waals surface area contributed by atoms with Crippen LogP contribution in [0.2, 0.25) is 0 Å². The van der Waals surface area contributed by atoms with Gasteiger partial charge in [-0.25, -0.2) is 12.7 Å². The first-order chi connectivity index (χ1) is 15.2. The van der Waals surface area contributed by atoms with Crippen molar-refractivity contribution in [2.24, 2.45) is 11.8 Å². The number of rotatable bonds is 3. The number of hydrogen-bond donors (Lipinski definition) is 0. The molecule has 0 N–H and O–H groups in total. The molecule has 2 saturated heterocycles. The van der Waals surface area contributed by atoms with Crippen LogP contribution in [0.25, 0.3) is 0 Å². The highest BCUT2D eigenvalue weighted by Crippen LogP contribution is 2.34. The number of benzene rings is 2. The lowest BCUT2D eigenvalue weighted by Crippen LogP contribution is -2.54. The summed E-state index contributed by atoms with van der Waals surface area (Å²) in [6.07, 6.45) is 2.91. The van der Waals surface area contributed by atoms with E-state index >= 15 is 0 Å². The zero-order valence-electron chi connectivity index (χ0n) is 17.8. The van der Waals surface area contributed by atoms with Gasteiger partial charge >= 0.3 is 0 Å².